The third-order valence-electron chi connectivity index (χ3n) is 3.76. The van der Waals surface area contributed by atoms with Crippen LogP contribution in [0, 0.1) is 13.8 Å². The smallest absolute Gasteiger partial charge is 0.261 e. The van der Waals surface area contributed by atoms with Crippen molar-refractivity contribution >= 4 is 28.0 Å². The van der Waals surface area contributed by atoms with Gasteiger partial charge in [0.1, 0.15) is 6.33 Å². The first kappa shape index (κ1) is 15.5. The number of hydrogen-bond acceptors (Lipinski definition) is 6. The number of carbonyl (C=O) groups is 1. The van der Waals surface area contributed by atoms with Crippen LogP contribution < -0.4 is 5.32 Å². The van der Waals surface area contributed by atoms with Crippen molar-refractivity contribution in [3.8, 4) is 11.3 Å². The Morgan fingerprint density at radius 2 is 2.08 bits per heavy atom. The van der Waals surface area contributed by atoms with Gasteiger partial charge in [-0.3, -0.25) is 14.8 Å². The van der Waals surface area contributed by atoms with Crippen LogP contribution in [-0.2, 0) is 7.05 Å². The Balaban J connectivity index is 1.81. The van der Waals surface area contributed by atoms with E-state index in [1.807, 2.05) is 38.5 Å². The molecule has 0 atom stereocenters. The van der Waals surface area contributed by atoms with Gasteiger partial charge in [-0.1, -0.05) is 0 Å². The molecular weight excluding hydrogens is 338 g/mol. The molecule has 4 aromatic rings. The Morgan fingerprint density at radius 1 is 1.24 bits per heavy atom. The molecular formula is C16H15N7OS. The van der Waals surface area contributed by atoms with Gasteiger partial charge in [-0.25, -0.2) is 14.5 Å². The molecule has 9 heteroatoms. The van der Waals surface area contributed by atoms with Crippen molar-refractivity contribution < 1.29 is 4.79 Å². The van der Waals surface area contributed by atoms with Crippen molar-refractivity contribution in [3.05, 3.63) is 47.0 Å². The second-order valence-electron chi connectivity index (χ2n) is 5.71. The predicted molar refractivity (Wildman–Crippen MR) is 94.7 cm³/mol. The van der Waals surface area contributed by atoms with Crippen LogP contribution in [0.15, 0.2) is 30.0 Å². The summed E-state index contributed by atoms with van der Waals surface area (Å²) in [7, 11) is 1.87. The molecule has 126 valence electrons. The van der Waals surface area contributed by atoms with Crippen molar-refractivity contribution in [3.63, 3.8) is 0 Å². The first-order valence-electron chi connectivity index (χ1n) is 7.59. The quantitative estimate of drug-likeness (QED) is 0.611. The zero-order valence-electron chi connectivity index (χ0n) is 13.9. The molecule has 0 saturated carbocycles. The van der Waals surface area contributed by atoms with Crippen LogP contribution in [0.25, 0.3) is 16.9 Å². The zero-order valence-corrected chi connectivity index (χ0v) is 14.7. The van der Waals surface area contributed by atoms with E-state index in [4.69, 9.17) is 0 Å². The monoisotopic (exact) mass is 353 g/mol. The molecule has 0 aliphatic carbocycles. The molecule has 1 N–H and O–H groups in total. The molecule has 0 radical (unpaired) electrons. The highest BCUT2D eigenvalue weighted by molar-refractivity contribution is 7.13. The number of anilines is 1. The Labute approximate surface area is 147 Å². The van der Waals surface area contributed by atoms with E-state index in [1.165, 1.54) is 17.7 Å². The number of nitrogens with one attached hydrogen (secondary N) is 1. The molecule has 4 rings (SSSR count). The molecule has 0 aliphatic heterocycles. The van der Waals surface area contributed by atoms with Crippen LogP contribution in [0.3, 0.4) is 0 Å². The SMILES string of the molecule is Cc1csc(NC(=O)c2cc(-c3cc(C)nn3C)cn3ncnc23)n1. The van der Waals surface area contributed by atoms with E-state index >= 15 is 0 Å². The molecule has 0 spiro atoms. The number of aryl methyl sites for hydroxylation is 3. The molecule has 0 bridgehead atoms. The van der Waals surface area contributed by atoms with Gasteiger partial charge in [0.15, 0.2) is 10.8 Å². The fourth-order valence-electron chi connectivity index (χ4n) is 2.69. The first-order chi connectivity index (χ1) is 12.0. The van der Waals surface area contributed by atoms with Crippen LogP contribution in [0.1, 0.15) is 21.7 Å². The number of aromatic nitrogens is 6. The Hall–Kier alpha value is -3.07. The van der Waals surface area contributed by atoms with Crippen molar-refractivity contribution in [2.75, 3.05) is 5.32 Å². The van der Waals surface area contributed by atoms with Crippen molar-refractivity contribution in [2.45, 2.75) is 13.8 Å². The van der Waals surface area contributed by atoms with E-state index in [-0.39, 0.29) is 5.91 Å². The molecule has 0 aliphatic rings. The third-order valence-corrected chi connectivity index (χ3v) is 4.63. The normalized spacial score (nSPS) is 11.2. The van der Waals surface area contributed by atoms with E-state index in [2.05, 4.69) is 25.5 Å². The standard InChI is InChI=1S/C16H15N7OS/c1-9-4-13(22(3)21-9)11-5-12(14-17-8-18-23(14)6-11)15(24)20-16-19-10(2)7-25-16/h4-8H,1-3H3,(H,19,20,24). The van der Waals surface area contributed by atoms with Crippen molar-refractivity contribution in [1.82, 2.24) is 29.4 Å². The molecule has 25 heavy (non-hydrogen) atoms. The molecule has 0 unspecified atom stereocenters. The van der Waals surface area contributed by atoms with Crippen LogP contribution in [0.2, 0.25) is 0 Å². The van der Waals surface area contributed by atoms with Crippen molar-refractivity contribution in [1.29, 1.82) is 0 Å². The van der Waals surface area contributed by atoms with Gasteiger partial charge in [0.05, 0.1) is 22.6 Å². The van der Waals surface area contributed by atoms with Gasteiger partial charge in [0.25, 0.3) is 5.91 Å². The van der Waals surface area contributed by atoms with Crippen LogP contribution in [-0.4, -0.2) is 35.3 Å². The highest BCUT2D eigenvalue weighted by atomic mass is 32.1. The summed E-state index contributed by atoms with van der Waals surface area (Å²) in [5.74, 6) is -0.270. The molecule has 1 amide bonds. The number of pyridine rings is 1. The number of nitrogens with zero attached hydrogens (tertiary/aromatic N) is 6. The number of thiazole rings is 1. The lowest BCUT2D eigenvalue weighted by atomic mass is 10.1. The minimum Gasteiger partial charge on any atom is -0.298 e. The van der Waals surface area contributed by atoms with Gasteiger partial charge in [0.2, 0.25) is 0 Å². The third kappa shape index (κ3) is 2.78. The minimum atomic E-state index is -0.270. The Morgan fingerprint density at radius 3 is 2.76 bits per heavy atom. The fourth-order valence-corrected chi connectivity index (χ4v) is 3.37. The second-order valence-corrected chi connectivity index (χ2v) is 6.57. The summed E-state index contributed by atoms with van der Waals surface area (Å²) in [6.45, 7) is 3.81. The number of fused-ring (bicyclic) bond motifs is 1. The highest BCUT2D eigenvalue weighted by Crippen LogP contribution is 2.24. The van der Waals surface area contributed by atoms with Gasteiger partial charge in [-0.05, 0) is 26.0 Å². The Kier molecular flexibility index (Phi) is 3.57. The maximum Gasteiger partial charge on any atom is 0.261 e. The lowest BCUT2D eigenvalue weighted by Crippen LogP contribution is -2.14. The summed E-state index contributed by atoms with van der Waals surface area (Å²) in [5.41, 5.74) is 4.43. The van der Waals surface area contributed by atoms with Gasteiger partial charge in [0, 0.05) is 24.2 Å². The average molecular weight is 353 g/mol. The molecule has 0 fully saturated rings. The molecule has 4 aromatic heterocycles. The molecule has 0 saturated heterocycles. The van der Waals surface area contributed by atoms with E-state index in [0.29, 0.717) is 16.3 Å². The van der Waals surface area contributed by atoms with Crippen LogP contribution in [0.5, 0.6) is 0 Å². The summed E-state index contributed by atoms with van der Waals surface area (Å²) in [6.07, 6.45) is 3.26. The van der Waals surface area contributed by atoms with E-state index < -0.39 is 0 Å². The van der Waals surface area contributed by atoms with E-state index in [0.717, 1.165) is 22.6 Å². The highest BCUT2D eigenvalue weighted by Gasteiger charge is 2.17. The van der Waals surface area contributed by atoms with Crippen LogP contribution >= 0.6 is 11.3 Å². The largest absolute Gasteiger partial charge is 0.298 e. The predicted octanol–water partition coefficient (Wildman–Crippen LogP) is 2.46. The molecule has 4 heterocycles. The fraction of sp³-hybridized carbons (Fsp3) is 0.188. The summed E-state index contributed by atoms with van der Waals surface area (Å²) in [5, 5.41) is 13.8. The topological polar surface area (TPSA) is 90.0 Å². The second kappa shape index (κ2) is 5.78. The van der Waals surface area contributed by atoms with Gasteiger partial charge in [-0.2, -0.15) is 10.2 Å². The van der Waals surface area contributed by atoms with Gasteiger partial charge >= 0.3 is 0 Å². The van der Waals surface area contributed by atoms with Crippen molar-refractivity contribution in [2.24, 2.45) is 7.05 Å². The summed E-state index contributed by atoms with van der Waals surface area (Å²) in [6, 6.07) is 3.76. The Bertz CT molecular complexity index is 1090. The summed E-state index contributed by atoms with van der Waals surface area (Å²) in [4.78, 5) is 21.2. The number of rotatable bonds is 3. The lowest BCUT2D eigenvalue weighted by molar-refractivity contribution is 0.102. The van der Waals surface area contributed by atoms with Gasteiger partial charge < -0.3 is 0 Å². The zero-order chi connectivity index (χ0) is 17.6. The summed E-state index contributed by atoms with van der Waals surface area (Å²) >= 11 is 1.39. The maximum atomic E-state index is 12.8. The van der Waals surface area contributed by atoms with E-state index in [9.17, 15) is 4.79 Å². The minimum absolute atomic E-state index is 0.270. The maximum absolute atomic E-state index is 12.8. The summed E-state index contributed by atoms with van der Waals surface area (Å²) < 4.78 is 3.37. The molecule has 8 nitrogen and oxygen atoms in total. The van der Waals surface area contributed by atoms with Crippen LogP contribution in [0.4, 0.5) is 5.13 Å². The number of carbonyl (C=O) groups excluding carboxylic acids is 1. The first-order valence-corrected chi connectivity index (χ1v) is 8.47. The number of hydrogen-bond donors (Lipinski definition) is 1. The molecule has 0 aromatic carbocycles. The van der Waals surface area contributed by atoms with E-state index in [1.54, 1.807) is 15.3 Å². The van der Waals surface area contributed by atoms with Gasteiger partial charge in [-0.15, -0.1) is 11.3 Å². The average Bonchev–Trinajstić information content (AvgIpc) is 3.26. The lowest BCUT2D eigenvalue weighted by Gasteiger charge is -2.07. The number of amides is 1.